The molecule has 0 atom stereocenters. The van der Waals surface area contributed by atoms with Crippen LogP contribution in [-0.2, 0) is 19.3 Å². The summed E-state index contributed by atoms with van der Waals surface area (Å²) in [5, 5.41) is 0. The van der Waals surface area contributed by atoms with Crippen LogP contribution in [0.25, 0.3) is 0 Å². The van der Waals surface area contributed by atoms with Crippen molar-refractivity contribution >= 4 is 5.97 Å². The maximum Gasteiger partial charge on any atom is 0.345 e. The lowest BCUT2D eigenvalue weighted by Gasteiger charge is -2.18. The first-order valence-corrected chi connectivity index (χ1v) is 5.17. The van der Waals surface area contributed by atoms with Gasteiger partial charge in [-0.1, -0.05) is 19.3 Å². The van der Waals surface area contributed by atoms with Gasteiger partial charge in [-0.3, -0.25) is 4.89 Å². The van der Waals surface area contributed by atoms with Crippen LogP contribution in [0.1, 0.15) is 32.1 Å². The Morgan fingerprint density at radius 3 is 2.57 bits per heavy atom. The first kappa shape index (κ1) is 11.5. The van der Waals surface area contributed by atoms with Crippen molar-refractivity contribution in [2.24, 2.45) is 5.92 Å². The third-order valence-electron chi connectivity index (χ3n) is 2.45. The molecule has 0 amide bonds. The fourth-order valence-corrected chi connectivity index (χ4v) is 1.62. The molecule has 1 fully saturated rings. The SMILES string of the molecule is COCCOOC(=O)C1CCCCC1. The molecule has 0 heterocycles. The molecule has 1 aliphatic rings. The van der Waals surface area contributed by atoms with Crippen LogP contribution in [0.4, 0.5) is 0 Å². The fraction of sp³-hybridized carbons (Fsp3) is 0.900. The fourth-order valence-electron chi connectivity index (χ4n) is 1.62. The van der Waals surface area contributed by atoms with Gasteiger partial charge in [-0.25, -0.2) is 4.79 Å². The molecular formula is C10H18O4. The summed E-state index contributed by atoms with van der Waals surface area (Å²) >= 11 is 0. The lowest BCUT2D eigenvalue weighted by atomic mass is 9.89. The van der Waals surface area contributed by atoms with E-state index in [1.165, 1.54) is 6.42 Å². The second-order valence-electron chi connectivity index (χ2n) is 3.55. The molecule has 0 aromatic heterocycles. The predicted octanol–water partition coefficient (Wildman–Crippen LogP) is 1.69. The molecule has 0 spiro atoms. The Morgan fingerprint density at radius 1 is 1.21 bits per heavy atom. The number of hydrogen-bond acceptors (Lipinski definition) is 4. The number of carbonyl (C=O) groups excluding carboxylic acids is 1. The summed E-state index contributed by atoms with van der Waals surface area (Å²) < 4.78 is 4.75. The second kappa shape index (κ2) is 6.79. The van der Waals surface area contributed by atoms with Crippen LogP contribution in [0.5, 0.6) is 0 Å². The zero-order valence-corrected chi connectivity index (χ0v) is 8.66. The van der Waals surface area contributed by atoms with E-state index in [1.807, 2.05) is 0 Å². The lowest BCUT2D eigenvalue weighted by Crippen LogP contribution is -2.21. The molecule has 0 N–H and O–H groups in total. The van der Waals surface area contributed by atoms with E-state index in [1.54, 1.807) is 7.11 Å². The van der Waals surface area contributed by atoms with Crippen LogP contribution in [-0.4, -0.2) is 26.3 Å². The van der Waals surface area contributed by atoms with Crippen molar-refractivity contribution in [1.82, 2.24) is 0 Å². The lowest BCUT2D eigenvalue weighted by molar-refractivity contribution is -0.280. The summed E-state index contributed by atoms with van der Waals surface area (Å²) in [5.74, 6) is -0.174. The van der Waals surface area contributed by atoms with Crippen LogP contribution in [0.2, 0.25) is 0 Å². The Balaban J connectivity index is 2.07. The smallest absolute Gasteiger partial charge is 0.345 e. The monoisotopic (exact) mass is 202 g/mol. The van der Waals surface area contributed by atoms with Crippen molar-refractivity contribution in [1.29, 1.82) is 0 Å². The van der Waals surface area contributed by atoms with Crippen LogP contribution >= 0.6 is 0 Å². The van der Waals surface area contributed by atoms with Gasteiger partial charge in [0, 0.05) is 7.11 Å². The largest absolute Gasteiger partial charge is 0.382 e. The van der Waals surface area contributed by atoms with Gasteiger partial charge in [0.15, 0.2) is 0 Å². The Labute approximate surface area is 84.4 Å². The zero-order chi connectivity index (χ0) is 10.2. The van der Waals surface area contributed by atoms with E-state index in [4.69, 9.17) is 9.62 Å². The van der Waals surface area contributed by atoms with Gasteiger partial charge in [0.25, 0.3) is 0 Å². The summed E-state index contributed by atoms with van der Waals surface area (Å²) in [5.41, 5.74) is 0. The van der Waals surface area contributed by atoms with Gasteiger partial charge in [-0.15, -0.1) is 0 Å². The molecule has 0 unspecified atom stereocenters. The highest BCUT2D eigenvalue weighted by molar-refractivity contribution is 5.71. The van der Waals surface area contributed by atoms with Gasteiger partial charge in [0.1, 0.15) is 6.61 Å². The molecule has 4 nitrogen and oxygen atoms in total. The third kappa shape index (κ3) is 4.07. The minimum Gasteiger partial charge on any atom is -0.382 e. The molecular weight excluding hydrogens is 184 g/mol. The van der Waals surface area contributed by atoms with Crippen molar-refractivity contribution in [2.45, 2.75) is 32.1 Å². The molecule has 0 aliphatic heterocycles. The number of hydrogen-bond donors (Lipinski definition) is 0. The van der Waals surface area contributed by atoms with Crippen molar-refractivity contribution in [3.63, 3.8) is 0 Å². The number of carbonyl (C=O) groups is 1. The van der Waals surface area contributed by atoms with Crippen molar-refractivity contribution in [3.8, 4) is 0 Å². The highest BCUT2D eigenvalue weighted by Crippen LogP contribution is 2.24. The highest BCUT2D eigenvalue weighted by Gasteiger charge is 2.23. The van der Waals surface area contributed by atoms with E-state index in [9.17, 15) is 4.79 Å². The molecule has 0 radical (unpaired) electrons. The molecule has 82 valence electrons. The van der Waals surface area contributed by atoms with Crippen LogP contribution in [0.15, 0.2) is 0 Å². The summed E-state index contributed by atoms with van der Waals surface area (Å²) in [7, 11) is 1.58. The molecule has 1 saturated carbocycles. The molecule has 0 saturated heterocycles. The van der Waals surface area contributed by atoms with Gasteiger partial charge in [-0.2, -0.15) is 4.89 Å². The number of ether oxygens (including phenoxy) is 1. The first-order valence-electron chi connectivity index (χ1n) is 5.17. The normalized spacial score (nSPS) is 18.1. The minimum atomic E-state index is -0.221. The molecule has 0 bridgehead atoms. The highest BCUT2D eigenvalue weighted by atomic mass is 17.2. The Bertz CT molecular complexity index is 164. The Morgan fingerprint density at radius 2 is 1.93 bits per heavy atom. The van der Waals surface area contributed by atoms with Crippen molar-refractivity contribution < 1.29 is 19.3 Å². The van der Waals surface area contributed by atoms with E-state index in [-0.39, 0.29) is 11.9 Å². The van der Waals surface area contributed by atoms with Gasteiger partial charge in [0.2, 0.25) is 0 Å². The average molecular weight is 202 g/mol. The van der Waals surface area contributed by atoms with Crippen LogP contribution in [0, 0.1) is 5.92 Å². The van der Waals surface area contributed by atoms with Gasteiger partial charge >= 0.3 is 5.97 Å². The molecule has 14 heavy (non-hydrogen) atoms. The maximum atomic E-state index is 11.4. The van der Waals surface area contributed by atoms with E-state index in [0.29, 0.717) is 13.2 Å². The topological polar surface area (TPSA) is 44.8 Å². The molecule has 0 aromatic carbocycles. The van der Waals surface area contributed by atoms with E-state index in [2.05, 4.69) is 4.89 Å². The van der Waals surface area contributed by atoms with E-state index in [0.717, 1.165) is 25.7 Å². The van der Waals surface area contributed by atoms with Gasteiger partial charge in [0.05, 0.1) is 12.5 Å². The molecule has 4 heteroatoms. The predicted molar refractivity (Wildman–Crippen MR) is 50.5 cm³/mol. The summed E-state index contributed by atoms with van der Waals surface area (Å²) in [6, 6.07) is 0. The van der Waals surface area contributed by atoms with Crippen LogP contribution in [0.3, 0.4) is 0 Å². The van der Waals surface area contributed by atoms with Crippen LogP contribution < -0.4 is 0 Å². The van der Waals surface area contributed by atoms with Crippen molar-refractivity contribution in [2.75, 3.05) is 20.3 Å². The summed E-state index contributed by atoms with van der Waals surface area (Å²) in [4.78, 5) is 20.8. The summed E-state index contributed by atoms with van der Waals surface area (Å²) in [6.45, 7) is 0.743. The molecule has 1 rings (SSSR count). The number of methoxy groups -OCH3 is 1. The van der Waals surface area contributed by atoms with Crippen molar-refractivity contribution in [3.05, 3.63) is 0 Å². The van der Waals surface area contributed by atoms with Gasteiger partial charge in [-0.05, 0) is 12.8 Å². The summed E-state index contributed by atoms with van der Waals surface area (Å²) in [6.07, 6.45) is 5.35. The maximum absolute atomic E-state index is 11.4. The average Bonchev–Trinajstić information content (AvgIpc) is 2.25. The Kier molecular flexibility index (Phi) is 5.56. The molecule has 0 aromatic rings. The standard InChI is InChI=1S/C10H18O4/c1-12-7-8-13-14-10(11)9-5-3-2-4-6-9/h9H,2-8H2,1H3. The van der Waals surface area contributed by atoms with E-state index >= 15 is 0 Å². The number of rotatable bonds is 5. The third-order valence-corrected chi connectivity index (χ3v) is 2.45. The molecule has 1 aliphatic carbocycles. The van der Waals surface area contributed by atoms with E-state index < -0.39 is 0 Å². The quantitative estimate of drug-likeness (QED) is 0.386. The Hall–Kier alpha value is -0.610. The first-order chi connectivity index (χ1) is 6.84. The zero-order valence-electron chi connectivity index (χ0n) is 8.66. The van der Waals surface area contributed by atoms with Gasteiger partial charge < -0.3 is 4.74 Å². The minimum absolute atomic E-state index is 0.0475. The second-order valence-corrected chi connectivity index (χ2v) is 3.55.